The summed E-state index contributed by atoms with van der Waals surface area (Å²) in [6.45, 7) is 18.7. The predicted octanol–water partition coefficient (Wildman–Crippen LogP) is 13.0. The number of hydrogen-bond donors (Lipinski definition) is 0. The van der Waals surface area contributed by atoms with Crippen molar-refractivity contribution in [1.29, 1.82) is 0 Å². The van der Waals surface area contributed by atoms with Gasteiger partial charge in [0.1, 0.15) is 0 Å². The summed E-state index contributed by atoms with van der Waals surface area (Å²) >= 11 is 0. The van der Waals surface area contributed by atoms with E-state index in [1.807, 2.05) is 0 Å². The highest BCUT2D eigenvalue weighted by Gasteiger charge is 2.43. The first-order valence-electron chi connectivity index (χ1n) is 21.4. The molecular formula is C54H50BN3. The Labute approximate surface area is 342 Å². The Morgan fingerprint density at radius 2 is 0.879 bits per heavy atom. The molecule has 0 bridgehead atoms. The minimum atomic E-state index is 0.0449. The van der Waals surface area contributed by atoms with Gasteiger partial charge in [-0.3, -0.25) is 0 Å². The lowest BCUT2D eigenvalue weighted by Gasteiger charge is -2.38. The molecule has 4 heteroatoms. The van der Waals surface area contributed by atoms with Gasteiger partial charge in [-0.05, 0) is 135 Å². The van der Waals surface area contributed by atoms with Crippen LogP contribution >= 0.6 is 0 Å². The van der Waals surface area contributed by atoms with E-state index >= 15 is 0 Å². The summed E-state index contributed by atoms with van der Waals surface area (Å²) < 4.78 is 5.29. The van der Waals surface area contributed by atoms with E-state index < -0.39 is 0 Å². The Bertz CT molecular complexity index is 3090. The van der Waals surface area contributed by atoms with Crippen LogP contribution in [0.1, 0.15) is 101 Å². The summed E-state index contributed by atoms with van der Waals surface area (Å²) in [4.78, 5) is 2.48. The average Bonchev–Trinajstić information content (AvgIpc) is 3.74. The Balaban J connectivity index is 1.38. The summed E-state index contributed by atoms with van der Waals surface area (Å²) in [6.07, 6.45) is 0. The zero-order valence-electron chi connectivity index (χ0n) is 34.9. The van der Waals surface area contributed by atoms with E-state index in [0.717, 1.165) is 11.4 Å². The number of fused-ring (bicyclic) bond motifs is 10. The molecule has 0 unspecified atom stereocenters. The topological polar surface area (TPSA) is 13.1 Å². The Morgan fingerprint density at radius 3 is 1.36 bits per heavy atom. The average molecular weight is 752 g/mol. The van der Waals surface area contributed by atoms with Gasteiger partial charge in [-0.15, -0.1) is 0 Å². The standard InChI is InChI=1S/C54H50BN3/c1-31(2)35-19-21-47-41(25-35)43-27-37(33(5)6)29-45-52(43)57(47)49-23-24-50(56(39-15-11-9-12-16-39)40-17-13-10-14-18-40)54-51(49)55(45)46-30-38(34(7)8)28-44-42-26-36(32(3)4)20-22-48(42)58(54)53(44)46/h9-34H,1-8H3. The number of rotatable bonds is 7. The zero-order chi connectivity index (χ0) is 39.7. The maximum atomic E-state index is 2.66. The lowest BCUT2D eigenvalue weighted by molar-refractivity contribution is 0.868. The lowest BCUT2D eigenvalue weighted by atomic mass is 9.34. The van der Waals surface area contributed by atoms with Crippen LogP contribution in [-0.2, 0) is 0 Å². The third-order valence-electron chi connectivity index (χ3n) is 13.4. The molecule has 9 aromatic rings. The Morgan fingerprint density at radius 1 is 0.431 bits per heavy atom. The van der Waals surface area contributed by atoms with Crippen LogP contribution in [0, 0.1) is 0 Å². The summed E-state index contributed by atoms with van der Waals surface area (Å²) in [5, 5.41) is 5.42. The van der Waals surface area contributed by atoms with E-state index in [1.54, 1.807) is 0 Å². The van der Waals surface area contributed by atoms with E-state index in [2.05, 4.69) is 203 Å². The molecule has 0 aliphatic carbocycles. The number of hydrogen-bond acceptors (Lipinski definition) is 1. The molecule has 3 nitrogen and oxygen atoms in total. The molecule has 11 rings (SSSR count). The zero-order valence-corrected chi connectivity index (χ0v) is 34.9. The fourth-order valence-corrected chi connectivity index (χ4v) is 10.3. The van der Waals surface area contributed by atoms with E-state index in [-0.39, 0.29) is 6.71 Å². The lowest BCUT2D eigenvalue weighted by Crippen LogP contribution is -2.59. The molecule has 0 spiro atoms. The molecule has 0 radical (unpaired) electrons. The van der Waals surface area contributed by atoms with Crippen molar-refractivity contribution in [2.75, 3.05) is 4.90 Å². The Kier molecular flexibility index (Phi) is 7.74. The van der Waals surface area contributed by atoms with Crippen LogP contribution < -0.4 is 21.3 Å². The maximum Gasteiger partial charge on any atom is 0.252 e. The molecule has 0 N–H and O–H groups in total. The molecular weight excluding hydrogens is 701 g/mol. The van der Waals surface area contributed by atoms with Crippen molar-refractivity contribution >= 4 is 83.8 Å². The van der Waals surface area contributed by atoms with Gasteiger partial charge < -0.3 is 14.0 Å². The van der Waals surface area contributed by atoms with Crippen LogP contribution in [0.2, 0.25) is 0 Å². The van der Waals surface area contributed by atoms with Crippen LogP contribution in [-0.4, -0.2) is 15.8 Å². The summed E-state index contributed by atoms with van der Waals surface area (Å²) in [5.74, 6) is 1.65. The van der Waals surface area contributed by atoms with Crippen LogP contribution in [0.3, 0.4) is 0 Å². The number of nitrogens with zero attached hydrogens (tertiary/aromatic N) is 3. The van der Waals surface area contributed by atoms with Gasteiger partial charge in [0, 0.05) is 49.6 Å². The maximum absolute atomic E-state index is 2.66. The fraction of sp³-hybridized carbons (Fsp3) is 0.222. The smallest absolute Gasteiger partial charge is 0.252 e. The molecule has 0 saturated heterocycles. The van der Waals surface area contributed by atoms with Gasteiger partial charge in [0.2, 0.25) is 0 Å². The van der Waals surface area contributed by atoms with E-state index in [4.69, 9.17) is 0 Å². The van der Waals surface area contributed by atoms with Crippen molar-refractivity contribution < 1.29 is 0 Å². The Hall–Kier alpha value is -6.00. The first kappa shape index (κ1) is 35.2. The van der Waals surface area contributed by atoms with Crippen LogP contribution in [0.4, 0.5) is 17.1 Å². The summed E-state index contributed by atoms with van der Waals surface area (Å²) in [6, 6.07) is 51.4. The molecule has 0 amide bonds. The molecule has 0 atom stereocenters. The monoisotopic (exact) mass is 751 g/mol. The van der Waals surface area contributed by atoms with E-state index in [9.17, 15) is 0 Å². The number of benzene rings is 7. The molecule has 284 valence electrons. The molecule has 58 heavy (non-hydrogen) atoms. The SMILES string of the molecule is CC(C)c1ccc2c(c1)c1cc(C(C)C)cc3c1n2-c1ccc(N(c2ccccc2)c2ccccc2)c2c1B3c1cc(C(C)C)cc3c4cc(C(C)C)ccc4n-2c13. The first-order chi connectivity index (χ1) is 28.1. The minimum Gasteiger partial charge on any atom is -0.310 e. The number of anilines is 3. The van der Waals surface area contributed by atoms with Crippen LogP contribution in [0.25, 0.3) is 55.0 Å². The molecule has 0 fully saturated rings. The fourth-order valence-electron chi connectivity index (χ4n) is 10.3. The predicted molar refractivity (Wildman–Crippen MR) is 251 cm³/mol. The van der Waals surface area contributed by atoms with Gasteiger partial charge in [0.25, 0.3) is 6.71 Å². The molecule has 7 aromatic carbocycles. The van der Waals surface area contributed by atoms with Crippen molar-refractivity contribution in [3.05, 3.63) is 156 Å². The molecule has 4 heterocycles. The second kappa shape index (κ2) is 12.8. The van der Waals surface area contributed by atoms with Crippen molar-refractivity contribution in [3.63, 3.8) is 0 Å². The van der Waals surface area contributed by atoms with Gasteiger partial charge in [-0.25, -0.2) is 0 Å². The first-order valence-corrected chi connectivity index (χ1v) is 21.4. The van der Waals surface area contributed by atoms with Gasteiger partial charge in [0.15, 0.2) is 0 Å². The second-order valence-corrected chi connectivity index (χ2v) is 18.2. The van der Waals surface area contributed by atoms with Crippen molar-refractivity contribution in [2.45, 2.75) is 79.1 Å². The van der Waals surface area contributed by atoms with Gasteiger partial charge in [0.05, 0.1) is 22.4 Å². The largest absolute Gasteiger partial charge is 0.310 e. The highest BCUT2D eigenvalue weighted by molar-refractivity contribution is 7.00. The quantitative estimate of drug-likeness (QED) is 0.148. The van der Waals surface area contributed by atoms with Gasteiger partial charge in [-0.1, -0.05) is 116 Å². The van der Waals surface area contributed by atoms with Crippen LogP contribution in [0.15, 0.2) is 133 Å². The minimum absolute atomic E-state index is 0.0449. The third-order valence-corrected chi connectivity index (χ3v) is 13.4. The molecule has 2 aliphatic heterocycles. The van der Waals surface area contributed by atoms with Gasteiger partial charge >= 0.3 is 0 Å². The third kappa shape index (κ3) is 4.87. The normalized spacial score (nSPS) is 13.1. The van der Waals surface area contributed by atoms with Crippen molar-refractivity contribution in [2.24, 2.45) is 0 Å². The highest BCUT2D eigenvalue weighted by atomic mass is 15.2. The van der Waals surface area contributed by atoms with Crippen LogP contribution in [0.5, 0.6) is 0 Å². The van der Waals surface area contributed by atoms with Crippen molar-refractivity contribution in [1.82, 2.24) is 9.13 Å². The highest BCUT2D eigenvalue weighted by Crippen LogP contribution is 2.46. The molecule has 2 aliphatic rings. The number of aromatic nitrogens is 2. The second-order valence-electron chi connectivity index (χ2n) is 18.2. The van der Waals surface area contributed by atoms with Gasteiger partial charge in [-0.2, -0.15) is 0 Å². The van der Waals surface area contributed by atoms with Crippen molar-refractivity contribution in [3.8, 4) is 11.4 Å². The summed E-state index contributed by atoms with van der Waals surface area (Å²) in [7, 11) is 0. The van der Waals surface area contributed by atoms with E-state index in [1.165, 1.54) is 99.3 Å². The molecule has 2 aromatic heterocycles. The number of para-hydroxylation sites is 2. The summed E-state index contributed by atoms with van der Waals surface area (Å²) in [5.41, 5.74) is 21.0. The van der Waals surface area contributed by atoms with E-state index in [0.29, 0.717) is 23.7 Å². The molecule has 0 saturated carbocycles.